The van der Waals surface area contributed by atoms with E-state index in [2.05, 4.69) is 9.97 Å². The lowest BCUT2D eigenvalue weighted by Gasteiger charge is -2.13. The maximum Gasteiger partial charge on any atom is 0.416 e. The lowest BCUT2D eigenvalue weighted by atomic mass is 10.0. The molecule has 1 aromatic heterocycles. The highest BCUT2D eigenvalue weighted by Gasteiger charge is 2.31. The van der Waals surface area contributed by atoms with Crippen molar-refractivity contribution in [2.75, 3.05) is 0 Å². The van der Waals surface area contributed by atoms with Gasteiger partial charge in [-0.1, -0.05) is 0 Å². The van der Waals surface area contributed by atoms with Crippen molar-refractivity contribution in [2.24, 2.45) is 0 Å². The summed E-state index contributed by atoms with van der Waals surface area (Å²) in [4.78, 5) is 6.66. The van der Waals surface area contributed by atoms with E-state index in [0.717, 1.165) is 12.1 Å². The molecule has 0 aliphatic carbocycles. The first kappa shape index (κ1) is 13.9. The van der Waals surface area contributed by atoms with Gasteiger partial charge in [0.1, 0.15) is 11.6 Å². The number of imidazole rings is 1. The van der Waals surface area contributed by atoms with Crippen LogP contribution in [-0.2, 0) is 12.6 Å². The number of alkyl halides is 4. The van der Waals surface area contributed by atoms with Gasteiger partial charge in [0.05, 0.1) is 10.9 Å². The molecule has 0 bridgehead atoms. The molecule has 1 N–H and O–H groups in total. The van der Waals surface area contributed by atoms with Crippen LogP contribution >= 0.6 is 11.6 Å². The number of halogens is 5. The Labute approximate surface area is 111 Å². The fraction of sp³-hybridized carbons (Fsp3) is 0.250. The molecule has 0 aliphatic heterocycles. The fourth-order valence-corrected chi connectivity index (χ4v) is 1.96. The van der Waals surface area contributed by atoms with Crippen molar-refractivity contribution < 1.29 is 17.6 Å². The van der Waals surface area contributed by atoms with Crippen molar-refractivity contribution in [3.05, 3.63) is 53.4 Å². The molecule has 2 rings (SSSR count). The van der Waals surface area contributed by atoms with Gasteiger partial charge in [0.25, 0.3) is 0 Å². The molecule has 0 saturated heterocycles. The van der Waals surface area contributed by atoms with Gasteiger partial charge >= 0.3 is 6.18 Å². The Hall–Kier alpha value is -1.56. The van der Waals surface area contributed by atoms with E-state index in [1.807, 2.05) is 0 Å². The van der Waals surface area contributed by atoms with Crippen molar-refractivity contribution in [3.63, 3.8) is 0 Å². The quantitative estimate of drug-likeness (QED) is 0.670. The average Bonchev–Trinajstić information content (AvgIpc) is 2.80. The molecular formula is C12H9ClF4N2. The van der Waals surface area contributed by atoms with Gasteiger partial charge in [-0.2, -0.15) is 13.2 Å². The predicted octanol–water partition coefficient (Wildman–Crippen LogP) is 4.09. The molecule has 0 aliphatic rings. The zero-order chi connectivity index (χ0) is 14.0. The van der Waals surface area contributed by atoms with Crippen LogP contribution in [0.15, 0.2) is 30.6 Å². The fourth-order valence-electron chi connectivity index (χ4n) is 1.65. The molecule has 1 aromatic carbocycles. The largest absolute Gasteiger partial charge is 0.416 e. The summed E-state index contributed by atoms with van der Waals surface area (Å²) >= 11 is 5.96. The summed E-state index contributed by atoms with van der Waals surface area (Å²) in [5.41, 5.74) is -1.11. The number of nitrogens with zero attached hydrogens (tertiary/aromatic N) is 1. The summed E-state index contributed by atoms with van der Waals surface area (Å²) in [6.07, 6.45) is -1.36. The third-order valence-corrected chi connectivity index (χ3v) is 2.98. The zero-order valence-corrected chi connectivity index (χ0v) is 10.3. The molecule has 0 saturated carbocycles. The molecule has 102 valence electrons. The van der Waals surface area contributed by atoms with Crippen molar-refractivity contribution in [2.45, 2.75) is 18.0 Å². The molecule has 7 heteroatoms. The van der Waals surface area contributed by atoms with E-state index in [0.29, 0.717) is 11.9 Å². The van der Waals surface area contributed by atoms with Gasteiger partial charge in [-0.25, -0.2) is 9.37 Å². The minimum atomic E-state index is -4.52. The van der Waals surface area contributed by atoms with Crippen LogP contribution < -0.4 is 0 Å². The maximum absolute atomic E-state index is 13.6. The van der Waals surface area contributed by atoms with Crippen LogP contribution in [0.3, 0.4) is 0 Å². The van der Waals surface area contributed by atoms with E-state index >= 15 is 0 Å². The Morgan fingerprint density at radius 1 is 1.32 bits per heavy atom. The zero-order valence-electron chi connectivity index (χ0n) is 9.51. The number of hydrogen-bond acceptors (Lipinski definition) is 1. The van der Waals surface area contributed by atoms with Crippen molar-refractivity contribution >= 4 is 11.6 Å². The monoisotopic (exact) mass is 292 g/mol. The van der Waals surface area contributed by atoms with Crippen LogP contribution in [0.1, 0.15) is 22.3 Å². The normalized spacial score (nSPS) is 13.5. The van der Waals surface area contributed by atoms with Gasteiger partial charge in [-0.15, -0.1) is 11.6 Å². The summed E-state index contributed by atoms with van der Waals surface area (Å²) in [7, 11) is 0. The summed E-state index contributed by atoms with van der Waals surface area (Å²) in [5, 5.41) is -0.923. The first-order valence-electron chi connectivity index (χ1n) is 5.37. The second kappa shape index (κ2) is 5.21. The number of benzene rings is 1. The third-order valence-electron chi connectivity index (χ3n) is 2.59. The second-order valence-corrected chi connectivity index (χ2v) is 4.47. The summed E-state index contributed by atoms with van der Waals surface area (Å²) < 4.78 is 51.2. The lowest BCUT2D eigenvalue weighted by molar-refractivity contribution is -0.137. The summed E-state index contributed by atoms with van der Waals surface area (Å²) in [5.74, 6) is -0.281. The average molecular weight is 293 g/mol. The predicted molar refractivity (Wildman–Crippen MR) is 62.3 cm³/mol. The van der Waals surface area contributed by atoms with E-state index in [1.54, 1.807) is 6.20 Å². The Morgan fingerprint density at radius 3 is 2.63 bits per heavy atom. The molecule has 2 nitrogen and oxygen atoms in total. The van der Waals surface area contributed by atoms with E-state index in [1.165, 1.54) is 6.20 Å². The topological polar surface area (TPSA) is 28.7 Å². The number of aromatic nitrogens is 2. The summed E-state index contributed by atoms with van der Waals surface area (Å²) in [6, 6.07) is 2.20. The van der Waals surface area contributed by atoms with Gasteiger partial charge in [-0.05, 0) is 18.2 Å². The van der Waals surface area contributed by atoms with Crippen LogP contribution in [0.4, 0.5) is 17.6 Å². The maximum atomic E-state index is 13.6. The van der Waals surface area contributed by atoms with Crippen LogP contribution in [0.2, 0.25) is 0 Å². The number of rotatable bonds is 3. The Bertz CT molecular complexity index is 551. The van der Waals surface area contributed by atoms with Gasteiger partial charge in [-0.3, -0.25) is 0 Å². The molecule has 1 atom stereocenters. The van der Waals surface area contributed by atoms with Crippen LogP contribution in [0, 0.1) is 5.82 Å². The molecule has 19 heavy (non-hydrogen) atoms. The van der Waals surface area contributed by atoms with E-state index in [4.69, 9.17) is 11.6 Å². The van der Waals surface area contributed by atoms with Crippen LogP contribution in [-0.4, -0.2) is 9.97 Å². The molecule has 1 unspecified atom stereocenters. The molecule has 0 spiro atoms. The highest BCUT2D eigenvalue weighted by molar-refractivity contribution is 6.20. The standard InChI is InChI=1S/C12H9ClF4N2/c13-9(6-11-18-3-4-19-11)8-5-7(12(15,16)17)1-2-10(8)14/h1-5,9H,6H2,(H,18,19). The number of nitrogens with one attached hydrogen (secondary N) is 1. The highest BCUT2D eigenvalue weighted by atomic mass is 35.5. The highest BCUT2D eigenvalue weighted by Crippen LogP contribution is 2.34. The molecule has 1 heterocycles. The van der Waals surface area contributed by atoms with E-state index in [9.17, 15) is 17.6 Å². The molecule has 2 aromatic rings. The van der Waals surface area contributed by atoms with Gasteiger partial charge in [0, 0.05) is 24.4 Å². The van der Waals surface area contributed by atoms with Gasteiger partial charge in [0.15, 0.2) is 0 Å². The first-order chi connectivity index (χ1) is 8.88. The number of aromatic amines is 1. The van der Waals surface area contributed by atoms with Crippen molar-refractivity contribution in [3.8, 4) is 0 Å². The molecule has 0 radical (unpaired) electrons. The Kier molecular flexibility index (Phi) is 3.80. The van der Waals surface area contributed by atoms with Crippen LogP contribution in [0.5, 0.6) is 0 Å². The van der Waals surface area contributed by atoms with Crippen molar-refractivity contribution in [1.82, 2.24) is 9.97 Å². The minimum Gasteiger partial charge on any atom is -0.349 e. The second-order valence-electron chi connectivity index (χ2n) is 3.94. The Morgan fingerprint density at radius 2 is 2.05 bits per heavy atom. The number of hydrogen-bond donors (Lipinski definition) is 1. The Balaban J connectivity index is 2.28. The van der Waals surface area contributed by atoms with Crippen molar-refractivity contribution in [1.29, 1.82) is 0 Å². The van der Waals surface area contributed by atoms with Gasteiger partial charge < -0.3 is 4.98 Å². The number of H-pyrrole nitrogens is 1. The molecular weight excluding hydrogens is 284 g/mol. The van der Waals surface area contributed by atoms with Crippen LogP contribution in [0.25, 0.3) is 0 Å². The van der Waals surface area contributed by atoms with E-state index in [-0.39, 0.29) is 12.0 Å². The third kappa shape index (κ3) is 3.26. The smallest absolute Gasteiger partial charge is 0.349 e. The molecule has 0 fully saturated rings. The van der Waals surface area contributed by atoms with Gasteiger partial charge in [0.2, 0.25) is 0 Å². The lowest BCUT2D eigenvalue weighted by Crippen LogP contribution is -2.08. The SMILES string of the molecule is Fc1ccc(C(F)(F)F)cc1C(Cl)Cc1ncc[nH]1. The minimum absolute atomic E-state index is 0.118. The van der Waals surface area contributed by atoms with E-state index < -0.39 is 22.9 Å². The first-order valence-corrected chi connectivity index (χ1v) is 5.80. The molecule has 0 amide bonds. The summed E-state index contributed by atoms with van der Waals surface area (Å²) in [6.45, 7) is 0.